The van der Waals surface area contributed by atoms with Crippen molar-refractivity contribution in [3.05, 3.63) is 45.8 Å². The van der Waals surface area contributed by atoms with E-state index < -0.39 is 4.92 Å². The SMILES string of the molecule is Cc1nn(CC(=O)Nc2ccccc2SCC#N)c(C)c1[N+](=O)[O-]. The van der Waals surface area contributed by atoms with E-state index >= 15 is 0 Å². The molecule has 1 aromatic heterocycles. The number of rotatable bonds is 6. The second-order valence-corrected chi connectivity index (χ2v) is 5.94. The minimum Gasteiger partial charge on any atom is -0.323 e. The normalized spacial score (nSPS) is 10.2. The molecular weight excluding hydrogens is 330 g/mol. The summed E-state index contributed by atoms with van der Waals surface area (Å²) < 4.78 is 1.31. The highest BCUT2D eigenvalue weighted by atomic mass is 32.2. The predicted octanol–water partition coefficient (Wildman–Crippen LogP) is 2.66. The summed E-state index contributed by atoms with van der Waals surface area (Å²) >= 11 is 1.32. The molecular formula is C15H15N5O3S. The fourth-order valence-corrected chi connectivity index (χ4v) is 2.91. The van der Waals surface area contributed by atoms with Crippen LogP contribution in [0.5, 0.6) is 0 Å². The lowest BCUT2D eigenvalue weighted by molar-refractivity contribution is -0.386. The fraction of sp³-hybridized carbons (Fsp3) is 0.267. The molecule has 0 spiro atoms. The highest BCUT2D eigenvalue weighted by molar-refractivity contribution is 7.99. The van der Waals surface area contributed by atoms with E-state index in [0.717, 1.165) is 4.90 Å². The van der Waals surface area contributed by atoms with Gasteiger partial charge in [-0.25, -0.2) is 0 Å². The molecule has 9 heteroatoms. The third-order valence-electron chi connectivity index (χ3n) is 3.27. The number of benzene rings is 1. The first-order valence-electron chi connectivity index (χ1n) is 7.01. The molecule has 1 heterocycles. The van der Waals surface area contributed by atoms with Gasteiger partial charge < -0.3 is 5.32 Å². The van der Waals surface area contributed by atoms with Crippen molar-refractivity contribution < 1.29 is 9.72 Å². The van der Waals surface area contributed by atoms with Crippen molar-refractivity contribution in [2.45, 2.75) is 25.3 Å². The highest BCUT2D eigenvalue weighted by Gasteiger charge is 2.22. The molecule has 0 aliphatic heterocycles. The molecule has 0 fully saturated rings. The second-order valence-electron chi connectivity index (χ2n) is 4.93. The molecule has 0 bridgehead atoms. The summed E-state index contributed by atoms with van der Waals surface area (Å²) in [7, 11) is 0. The van der Waals surface area contributed by atoms with Crippen LogP contribution in [0, 0.1) is 35.3 Å². The van der Waals surface area contributed by atoms with Crippen LogP contribution >= 0.6 is 11.8 Å². The molecule has 0 saturated heterocycles. The molecule has 0 saturated carbocycles. The van der Waals surface area contributed by atoms with Crippen molar-refractivity contribution in [1.82, 2.24) is 9.78 Å². The van der Waals surface area contributed by atoms with Crippen molar-refractivity contribution in [2.75, 3.05) is 11.1 Å². The number of hydrogen-bond acceptors (Lipinski definition) is 6. The van der Waals surface area contributed by atoms with Crippen molar-refractivity contribution in [3.63, 3.8) is 0 Å². The molecule has 0 unspecified atom stereocenters. The molecule has 1 aromatic carbocycles. The van der Waals surface area contributed by atoms with Gasteiger partial charge in [0.05, 0.1) is 22.4 Å². The van der Waals surface area contributed by atoms with Gasteiger partial charge >= 0.3 is 5.69 Å². The predicted molar refractivity (Wildman–Crippen MR) is 89.8 cm³/mol. The summed E-state index contributed by atoms with van der Waals surface area (Å²) in [6.45, 7) is 2.97. The monoisotopic (exact) mass is 345 g/mol. The van der Waals surface area contributed by atoms with E-state index in [1.807, 2.05) is 18.2 Å². The third kappa shape index (κ3) is 3.91. The molecule has 1 N–H and O–H groups in total. The van der Waals surface area contributed by atoms with Crippen LogP contribution in [0.25, 0.3) is 0 Å². The first kappa shape index (κ1) is 17.5. The van der Waals surface area contributed by atoms with E-state index in [1.165, 1.54) is 23.4 Å². The van der Waals surface area contributed by atoms with Gasteiger partial charge in [0.15, 0.2) is 0 Å². The maximum Gasteiger partial charge on any atom is 0.312 e. The Bertz CT molecular complexity index is 825. The highest BCUT2D eigenvalue weighted by Crippen LogP contribution is 2.27. The standard InChI is InChI=1S/C15H15N5O3S/c1-10-15(20(22)23)11(2)19(18-10)9-14(21)17-12-5-3-4-6-13(12)24-8-7-16/h3-6H,8-9H2,1-2H3,(H,17,21). The largest absolute Gasteiger partial charge is 0.323 e. The van der Waals surface area contributed by atoms with E-state index in [9.17, 15) is 14.9 Å². The van der Waals surface area contributed by atoms with Gasteiger partial charge in [0, 0.05) is 4.90 Å². The van der Waals surface area contributed by atoms with Gasteiger partial charge in [0.2, 0.25) is 5.91 Å². The number of nitriles is 1. The molecule has 124 valence electrons. The van der Waals surface area contributed by atoms with Crippen LogP contribution in [0.4, 0.5) is 11.4 Å². The maximum atomic E-state index is 12.2. The van der Waals surface area contributed by atoms with Crippen LogP contribution in [-0.4, -0.2) is 26.4 Å². The van der Waals surface area contributed by atoms with Gasteiger partial charge in [-0.2, -0.15) is 10.4 Å². The number of aryl methyl sites for hydroxylation is 1. The molecule has 8 nitrogen and oxygen atoms in total. The van der Waals surface area contributed by atoms with Crippen molar-refractivity contribution in [2.24, 2.45) is 0 Å². The van der Waals surface area contributed by atoms with Crippen molar-refractivity contribution in [1.29, 1.82) is 5.26 Å². The zero-order valence-corrected chi connectivity index (χ0v) is 14.0. The number of hydrogen-bond donors (Lipinski definition) is 1. The number of aromatic nitrogens is 2. The van der Waals surface area contributed by atoms with Crippen LogP contribution in [0.15, 0.2) is 29.2 Å². The Hall–Kier alpha value is -2.86. The van der Waals surface area contributed by atoms with Gasteiger partial charge in [-0.1, -0.05) is 12.1 Å². The molecule has 0 aliphatic rings. The van der Waals surface area contributed by atoms with Crippen LogP contribution in [0.1, 0.15) is 11.4 Å². The summed E-state index contributed by atoms with van der Waals surface area (Å²) in [5.41, 5.74) is 1.13. The zero-order chi connectivity index (χ0) is 17.7. The summed E-state index contributed by atoms with van der Waals surface area (Å²) in [4.78, 5) is 23.5. The van der Waals surface area contributed by atoms with Gasteiger partial charge in [-0.15, -0.1) is 11.8 Å². The molecule has 1 amide bonds. The lowest BCUT2D eigenvalue weighted by Gasteiger charge is -2.10. The van der Waals surface area contributed by atoms with E-state index in [0.29, 0.717) is 11.4 Å². The quantitative estimate of drug-likeness (QED) is 0.489. The number of amides is 1. The Morgan fingerprint density at radius 3 is 2.79 bits per heavy atom. The van der Waals surface area contributed by atoms with Crippen molar-refractivity contribution in [3.8, 4) is 6.07 Å². The average Bonchev–Trinajstić information content (AvgIpc) is 2.80. The number of thioether (sulfide) groups is 1. The first-order chi connectivity index (χ1) is 11.4. The summed E-state index contributed by atoms with van der Waals surface area (Å²) in [6.07, 6.45) is 0. The smallest absolute Gasteiger partial charge is 0.312 e. The number of anilines is 1. The Morgan fingerprint density at radius 2 is 2.17 bits per heavy atom. The molecule has 0 atom stereocenters. The lowest BCUT2D eigenvalue weighted by Crippen LogP contribution is -2.20. The molecule has 2 rings (SSSR count). The van der Waals surface area contributed by atoms with Crippen LogP contribution in [0.2, 0.25) is 0 Å². The summed E-state index contributed by atoms with van der Waals surface area (Å²) in [5.74, 6) is -0.0724. The molecule has 24 heavy (non-hydrogen) atoms. The van der Waals surface area contributed by atoms with E-state index in [-0.39, 0.29) is 29.6 Å². The number of para-hydroxylation sites is 1. The van der Waals surface area contributed by atoms with Gasteiger partial charge in [0.25, 0.3) is 0 Å². The Balaban J connectivity index is 2.14. The third-order valence-corrected chi connectivity index (χ3v) is 4.21. The molecule has 0 radical (unpaired) electrons. The zero-order valence-electron chi connectivity index (χ0n) is 13.1. The van der Waals surface area contributed by atoms with Crippen LogP contribution < -0.4 is 5.32 Å². The number of nitrogens with zero attached hydrogens (tertiary/aromatic N) is 4. The molecule has 0 aliphatic carbocycles. The fourth-order valence-electron chi connectivity index (χ4n) is 2.24. The first-order valence-corrected chi connectivity index (χ1v) is 7.99. The summed E-state index contributed by atoms with van der Waals surface area (Å²) in [5, 5.41) is 26.5. The number of carbonyl (C=O) groups is 1. The van der Waals surface area contributed by atoms with Crippen molar-refractivity contribution >= 4 is 29.0 Å². The number of nitro groups is 1. The topological polar surface area (TPSA) is 114 Å². The Morgan fingerprint density at radius 1 is 1.46 bits per heavy atom. The lowest BCUT2D eigenvalue weighted by atomic mass is 10.3. The summed E-state index contributed by atoms with van der Waals surface area (Å²) in [6, 6.07) is 9.18. The average molecular weight is 345 g/mol. The van der Waals surface area contributed by atoms with E-state index in [1.54, 1.807) is 19.1 Å². The van der Waals surface area contributed by atoms with E-state index in [2.05, 4.69) is 10.4 Å². The maximum absolute atomic E-state index is 12.2. The second kappa shape index (κ2) is 7.61. The van der Waals surface area contributed by atoms with Crippen LogP contribution in [-0.2, 0) is 11.3 Å². The van der Waals surface area contributed by atoms with Crippen LogP contribution in [0.3, 0.4) is 0 Å². The minimum absolute atomic E-state index is 0.0761. The van der Waals surface area contributed by atoms with Gasteiger partial charge in [-0.3, -0.25) is 19.6 Å². The molecule has 2 aromatic rings. The number of carbonyl (C=O) groups excluding carboxylic acids is 1. The number of nitrogens with one attached hydrogen (secondary N) is 1. The van der Waals surface area contributed by atoms with E-state index in [4.69, 9.17) is 5.26 Å². The van der Waals surface area contributed by atoms with Gasteiger partial charge in [-0.05, 0) is 26.0 Å². The Labute approximate surface area is 142 Å². The minimum atomic E-state index is -0.500. The van der Waals surface area contributed by atoms with Gasteiger partial charge in [0.1, 0.15) is 17.9 Å². The Kier molecular flexibility index (Phi) is 5.55.